The summed E-state index contributed by atoms with van der Waals surface area (Å²) in [6.07, 6.45) is 1.47. The van der Waals surface area contributed by atoms with Gasteiger partial charge in [0.05, 0.1) is 24.2 Å². The molecule has 1 heterocycles. The van der Waals surface area contributed by atoms with Gasteiger partial charge in [0.25, 0.3) is 0 Å². The van der Waals surface area contributed by atoms with Crippen LogP contribution in [0.1, 0.15) is 33.1 Å². The van der Waals surface area contributed by atoms with Crippen molar-refractivity contribution in [3.63, 3.8) is 0 Å². The standard InChI is InChI=1S/C11H21NO4S/c1-3-9(7-13)12(11(14)4-2)10-5-6-17(15,16)8-10/h9-10,13H,3-8H2,1-2H3/t9-,10-/m0/s1. The van der Waals surface area contributed by atoms with Gasteiger partial charge in [0.1, 0.15) is 0 Å². The molecule has 1 fully saturated rings. The van der Waals surface area contributed by atoms with Crippen molar-refractivity contribution in [2.75, 3.05) is 18.1 Å². The molecule has 0 aromatic rings. The lowest BCUT2D eigenvalue weighted by Crippen LogP contribution is -2.49. The molecule has 1 aliphatic rings. The van der Waals surface area contributed by atoms with Gasteiger partial charge in [-0.15, -0.1) is 0 Å². The number of hydrogen-bond acceptors (Lipinski definition) is 4. The van der Waals surface area contributed by atoms with E-state index in [1.165, 1.54) is 0 Å². The molecule has 6 heteroatoms. The molecule has 0 aromatic carbocycles. The van der Waals surface area contributed by atoms with Crippen LogP contribution in [0.5, 0.6) is 0 Å². The van der Waals surface area contributed by atoms with E-state index in [-0.39, 0.29) is 36.1 Å². The normalized spacial score (nSPS) is 24.5. The van der Waals surface area contributed by atoms with Crippen LogP contribution in [0.4, 0.5) is 0 Å². The summed E-state index contributed by atoms with van der Waals surface area (Å²) in [5.41, 5.74) is 0. The summed E-state index contributed by atoms with van der Waals surface area (Å²) in [4.78, 5) is 13.5. The molecule has 0 spiro atoms. The molecule has 0 saturated carbocycles. The first-order valence-corrected chi connectivity index (χ1v) is 7.89. The Morgan fingerprint density at radius 3 is 2.47 bits per heavy atom. The van der Waals surface area contributed by atoms with E-state index in [0.29, 0.717) is 19.3 Å². The lowest BCUT2D eigenvalue weighted by Gasteiger charge is -2.34. The Balaban J connectivity index is 2.87. The van der Waals surface area contributed by atoms with Gasteiger partial charge in [0.2, 0.25) is 5.91 Å². The molecule has 1 amide bonds. The highest BCUT2D eigenvalue weighted by Crippen LogP contribution is 2.22. The molecular formula is C11H21NO4S. The Morgan fingerprint density at radius 2 is 2.12 bits per heavy atom. The van der Waals surface area contributed by atoms with Gasteiger partial charge in [-0.05, 0) is 12.8 Å². The van der Waals surface area contributed by atoms with E-state index in [1.54, 1.807) is 11.8 Å². The number of amides is 1. The minimum Gasteiger partial charge on any atom is -0.394 e. The average molecular weight is 263 g/mol. The largest absolute Gasteiger partial charge is 0.394 e. The van der Waals surface area contributed by atoms with Gasteiger partial charge in [0, 0.05) is 12.5 Å². The molecule has 17 heavy (non-hydrogen) atoms. The van der Waals surface area contributed by atoms with Crippen LogP contribution >= 0.6 is 0 Å². The number of hydrogen-bond donors (Lipinski definition) is 1. The Kier molecular flexibility index (Phi) is 4.94. The van der Waals surface area contributed by atoms with E-state index in [0.717, 1.165) is 0 Å². The minimum atomic E-state index is -3.01. The van der Waals surface area contributed by atoms with Crippen molar-refractivity contribution < 1.29 is 18.3 Å². The van der Waals surface area contributed by atoms with E-state index in [2.05, 4.69) is 0 Å². The van der Waals surface area contributed by atoms with E-state index in [1.807, 2.05) is 6.92 Å². The fraction of sp³-hybridized carbons (Fsp3) is 0.909. The van der Waals surface area contributed by atoms with Crippen LogP contribution in [0.3, 0.4) is 0 Å². The second-order valence-corrected chi connectivity index (χ2v) is 6.68. The summed E-state index contributed by atoms with van der Waals surface area (Å²) < 4.78 is 22.9. The zero-order valence-electron chi connectivity index (χ0n) is 10.4. The molecule has 5 nitrogen and oxygen atoms in total. The van der Waals surface area contributed by atoms with Gasteiger partial charge < -0.3 is 10.0 Å². The summed E-state index contributed by atoms with van der Waals surface area (Å²) in [5.74, 6) is 0.107. The van der Waals surface area contributed by atoms with Crippen LogP contribution in [-0.4, -0.2) is 54.5 Å². The summed E-state index contributed by atoms with van der Waals surface area (Å²) in [5, 5.41) is 9.29. The zero-order valence-corrected chi connectivity index (χ0v) is 11.2. The Bertz CT molecular complexity index is 362. The number of aliphatic hydroxyl groups is 1. The summed E-state index contributed by atoms with van der Waals surface area (Å²) in [6.45, 7) is 3.53. The first-order valence-electron chi connectivity index (χ1n) is 6.07. The Hall–Kier alpha value is -0.620. The van der Waals surface area contributed by atoms with Crippen molar-refractivity contribution in [3.8, 4) is 0 Å². The maximum Gasteiger partial charge on any atom is 0.222 e. The summed E-state index contributed by atoms with van der Waals surface area (Å²) >= 11 is 0. The molecule has 1 saturated heterocycles. The van der Waals surface area contributed by atoms with Gasteiger partial charge in [-0.1, -0.05) is 13.8 Å². The molecule has 1 rings (SSSR count). The van der Waals surface area contributed by atoms with Crippen molar-refractivity contribution in [2.45, 2.75) is 45.2 Å². The van der Waals surface area contributed by atoms with Crippen molar-refractivity contribution in [2.24, 2.45) is 0 Å². The molecule has 0 aliphatic carbocycles. The van der Waals surface area contributed by atoms with E-state index < -0.39 is 9.84 Å². The fourth-order valence-corrected chi connectivity index (χ4v) is 4.01. The highest BCUT2D eigenvalue weighted by molar-refractivity contribution is 7.91. The zero-order chi connectivity index (χ0) is 13.1. The second kappa shape index (κ2) is 5.82. The molecule has 0 radical (unpaired) electrons. The quantitative estimate of drug-likeness (QED) is 0.768. The maximum atomic E-state index is 11.9. The third-order valence-electron chi connectivity index (χ3n) is 3.27. The van der Waals surface area contributed by atoms with Gasteiger partial charge in [-0.2, -0.15) is 0 Å². The topological polar surface area (TPSA) is 74.7 Å². The minimum absolute atomic E-state index is 0.0369. The van der Waals surface area contributed by atoms with Gasteiger partial charge in [-0.25, -0.2) is 8.42 Å². The first-order chi connectivity index (χ1) is 7.95. The number of aliphatic hydroxyl groups excluding tert-OH is 1. The molecule has 100 valence electrons. The number of carbonyl (C=O) groups excluding carboxylic acids is 1. The van der Waals surface area contributed by atoms with Gasteiger partial charge >= 0.3 is 0 Å². The van der Waals surface area contributed by atoms with Crippen molar-refractivity contribution in [1.29, 1.82) is 0 Å². The van der Waals surface area contributed by atoms with Crippen LogP contribution in [-0.2, 0) is 14.6 Å². The lowest BCUT2D eigenvalue weighted by molar-refractivity contribution is -0.136. The summed E-state index contributed by atoms with van der Waals surface area (Å²) in [7, 11) is -3.01. The van der Waals surface area contributed by atoms with Crippen LogP contribution in [0.2, 0.25) is 0 Å². The number of rotatable bonds is 5. The highest BCUT2D eigenvalue weighted by Gasteiger charge is 2.36. The second-order valence-electron chi connectivity index (χ2n) is 4.46. The van der Waals surface area contributed by atoms with Crippen molar-refractivity contribution >= 4 is 15.7 Å². The maximum absolute atomic E-state index is 11.9. The number of nitrogens with zero attached hydrogens (tertiary/aromatic N) is 1. The van der Waals surface area contributed by atoms with Crippen LogP contribution < -0.4 is 0 Å². The predicted octanol–water partition coefficient (Wildman–Crippen LogP) is 0.183. The molecule has 0 unspecified atom stereocenters. The predicted molar refractivity (Wildman–Crippen MR) is 65.4 cm³/mol. The van der Waals surface area contributed by atoms with Crippen LogP contribution in [0.15, 0.2) is 0 Å². The van der Waals surface area contributed by atoms with Crippen LogP contribution in [0, 0.1) is 0 Å². The molecule has 0 bridgehead atoms. The van der Waals surface area contributed by atoms with Gasteiger partial charge in [-0.3, -0.25) is 4.79 Å². The molecule has 1 N–H and O–H groups in total. The molecule has 2 atom stereocenters. The molecule has 0 aromatic heterocycles. The number of carbonyl (C=O) groups is 1. The smallest absolute Gasteiger partial charge is 0.222 e. The lowest BCUT2D eigenvalue weighted by atomic mass is 10.1. The van der Waals surface area contributed by atoms with E-state index in [9.17, 15) is 18.3 Å². The monoisotopic (exact) mass is 263 g/mol. The number of sulfone groups is 1. The highest BCUT2D eigenvalue weighted by atomic mass is 32.2. The Labute approximate surface area is 103 Å². The van der Waals surface area contributed by atoms with Crippen molar-refractivity contribution in [3.05, 3.63) is 0 Å². The van der Waals surface area contributed by atoms with E-state index in [4.69, 9.17) is 0 Å². The molecular weight excluding hydrogens is 242 g/mol. The van der Waals surface area contributed by atoms with Crippen molar-refractivity contribution in [1.82, 2.24) is 4.90 Å². The third kappa shape index (κ3) is 3.42. The van der Waals surface area contributed by atoms with Gasteiger partial charge in [0.15, 0.2) is 9.84 Å². The first kappa shape index (κ1) is 14.4. The van der Waals surface area contributed by atoms with E-state index >= 15 is 0 Å². The molecule has 1 aliphatic heterocycles. The SMILES string of the molecule is CCC(=O)N([C@@H](CC)CO)[C@H]1CCS(=O)(=O)C1. The Morgan fingerprint density at radius 1 is 1.47 bits per heavy atom. The third-order valence-corrected chi connectivity index (χ3v) is 5.02. The van der Waals surface area contributed by atoms with Crippen LogP contribution in [0.25, 0.3) is 0 Å². The summed E-state index contributed by atoms with van der Waals surface area (Å²) in [6, 6.07) is -0.523. The average Bonchev–Trinajstić information content (AvgIpc) is 2.65. The fourth-order valence-electron chi connectivity index (χ4n) is 2.30.